The molecule has 0 aliphatic heterocycles. The summed E-state index contributed by atoms with van der Waals surface area (Å²) in [6.45, 7) is -3.49. The zero-order valence-corrected chi connectivity index (χ0v) is 25.7. The van der Waals surface area contributed by atoms with Gasteiger partial charge in [-0.05, 0) is 0 Å². The number of carbonyl (C=O) groups excluding carboxylic acids is 1. The number of aliphatic hydroxyl groups excluding tert-OH is 20. The summed E-state index contributed by atoms with van der Waals surface area (Å²) < 4.78 is 0. The molecule has 0 rings (SSSR count). The molecule has 0 fully saturated rings. The molecule has 0 heterocycles. The van der Waals surface area contributed by atoms with Gasteiger partial charge in [0.05, 0.1) is 66.1 Å². The first kappa shape index (κ1) is 56.5. The Morgan fingerprint density at radius 3 is 0.444 bits per heavy atom. The molecule has 0 aliphatic carbocycles. The lowest BCUT2D eigenvalue weighted by Gasteiger charge is -2.10. The molecule has 21 nitrogen and oxygen atoms in total. The van der Waals surface area contributed by atoms with Crippen LogP contribution in [0.15, 0.2) is 0 Å². The molecule has 0 aromatic rings. The van der Waals surface area contributed by atoms with Gasteiger partial charge in [0.25, 0.3) is 0 Å². The minimum absolute atomic E-state index is 0.0509. The highest BCUT2D eigenvalue weighted by atomic mass is 32.1. The van der Waals surface area contributed by atoms with Crippen LogP contribution in [0.3, 0.4) is 0 Å². The van der Waals surface area contributed by atoms with Crippen LogP contribution in [0.1, 0.15) is 13.3 Å². The van der Waals surface area contributed by atoms with Crippen molar-refractivity contribution in [1.29, 1.82) is 0 Å². The first-order chi connectivity index (χ1) is 20.9. The van der Waals surface area contributed by atoms with Crippen molar-refractivity contribution in [3.8, 4) is 0 Å². The quantitative estimate of drug-likeness (QED) is 0.0664. The molecule has 0 aliphatic rings. The second-order valence-corrected chi connectivity index (χ2v) is 8.75. The summed E-state index contributed by atoms with van der Waals surface area (Å²) in [4.78, 5) is 9.68. The van der Waals surface area contributed by atoms with Crippen LogP contribution in [0.5, 0.6) is 0 Å². The minimum atomic E-state index is -1.22. The maximum Gasteiger partial charge on any atom is 0.185 e. The number of carbonyl (C=O) groups is 1. The Morgan fingerprint density at radius 2 is 0.422 bits per heavy atom. The van der Waals surface area contributed by atoms with E-state index in [4.69, 9.17) is 102 Å². The lowest BCUT2D eigenvalue weighted by Crippen LogP contribution is -2.31. The van der Waals surface area contributed by atoms with Gasteiger partial charge in [0.2, 0.25) is 0 Å². The van der Waals surface area contributed by atoms with Gasteiger partial charge in [-0.25, -0.2) is 0 Å². The van der Waals surface area contributed by atoms with Crippen molar-refractivity contribution >= 4 is 17.7 Å². The summed E-state index contributed by atoms with van der Waals surface area (Å²) in [5, 5.41) is 166. The molecule has 0 bridgehead atoms. The van der Waals surface area contributed by atoms with Crippen LogP contribution >= 0.6 is 12.6 Å². The van der Waals surface area contributed by atoms with Crippen LogP contribution < -0.4 is 0 Å². The van der Waals surface area contributed by atoms with E-state index in [1.807, 2.05) is 0 Å². The molecular formula is C23H56O21S. The van der Waals surface area contributed by atoms with Gasteiger partial charge in [-0.1, -0.05) is 6.92 Å². The van der Waals surface area contributed by atoms with Crippen LogP contribution in [0, 0.1) is 0 Å². The molecule has 0 aromatic carbocycles. The van der Waals surface area contributed by atoms with Crippen molar-refractivity contribution in [1.82, 2.24) is 0 Å². The van der Waals surface area contributed by atoms with Crippen molar-refractivity contribution in [2.24, 2.45) is 0 Å². The lowest BCUT2D eigenvalue weighted by atomic mass is 10.2. The van der Waals surface area contributed by atoms with Gasteiger partial charge < -0.3 is 102 Å². The highest BCUT2D eigenvalue weighted by molar-refractivity contribution is 7.96. The van der Waals surface area contributed by atoms with Crippen LogP contribution in [-0.2, 0) is 4.79 Å². The first-order valence-electron chi connectivity index (χ1n) is 13.0. The summed E-state index contributed by atoms with van der Waals surface area (Å²) in [6, 6.07) is 0. The van der Waals surface area contributed by atoms with Gasteiger partial charge in [0.1, 0.15) is 61.0 Å². The van der Waals surface area contributed by atoms with E-state index in [2.05, 4.69) is 12.6 Å². The van der Waals surface area contributed by atoms with Gasteiger partial charge in [0, 0.05) is 6.42 Å². The Morgan fingerprint density at radius 1 is 0.356 bits per heavy atom. The van der Waals surface area contributed by atoms with Gasteiger partial charge in [-0.2, -0.15) is 0 Å². The van der Waals surface area contributed by atoms with Crippen molar-refractivity contribution in [3.63, 3.8) is 0 Å². The normalized spacial score (nSPS) is 16.8. The molecule has 0 saturated heterocycles. The molecule has 0 saturated carbocycles. The minimum Gasteiger partial charge on any atom is -0.394 e. The maximum absolute atomic E-state index is 9.68. The smallest absolute Gasteiger partial charge is 0.185 e. The Balaban J connectivity index is -0.000000102. The number of hydrogen-bond donors (Lipinski definition) is 21. The van der Waals surface area contributed by atoms with E-state index in [0.717, 1.165) is 0 Å². The number of rotatable bonds is 16. The fourth-order valence-corrected chi connectivity index (χ4v) is 1.22. The van der Waals surface area contributed by atoms with Crippen molar-refractivity contribution in [2.75, 3.05) is 66.1 Å². The number of hydrogen-bond acceptors (Lipinski definition) is 21. The van der Waals surface area contributed by atoms with Gasteiger partial charge in [0.15, 0.2) is 5.12 Å². The standard InChI is InChI=1S/5C4H10O4.C3H6OS/c5*5-1-3(7)4(8)2-6;1-2-3(4)5/h5*3-8H,1-2H2;2H2,1H3,(H,4,5)/t5*3-,4+;. The summed E-state index contributed by atoms with van der Waals surface area (Å²) >= 11 is 3.46. The fourth-order valence-electron chi connectivity index (χ4n) is 1.22. The van der Waals surface area contributed by atoms with Crippen LogP contribution in [0.4, 0.5) is 0 Å². The Kier molecular flexibility index (Phi) is 51.8. The third-order valence-electron chi connectivity index (χ3n) is 4.39. The van der Waals surface area contributed by atoms with E-state index in [-0.39, 0.29) is 5.12 Å². The molecule has 20 N–H and O–H groups in total. The number of thiol groups is 1. The molecule has 280 valence electrons. The fraction of sp³-hybridized carbons (Fsp3) is 0.957. The summed E-state index contributed by atoms with van der Waals surface area (Å²) in [6.07, 6.45) is -11.7. The Hall–Kier alpha value is -0.780. The third-order valence-corrected chi connectivity index (χ3v) is 4.71. The van der Waals surface area contributed by atoms with Crippen molar-refractivity contribution < 1.29 is 107 Å². The summed E-state index contributed by atoms with van der Waals surface area (Å²) in [5.41, 5.74) is 0. The molecule has 0 aromatic heterocycles. The number of aliphatic hydroxyl groups is 20. The Labute approximate surface area is 265 Å². The zero-order chi connectivity index (χ0) is 37.1. The van der Waals surface area contributed by atoms with Gasteiger partial charge in [-0.3, -0.25) is 4.79 Å². The average Bonchev–Trinajstić information content (AvgIpc) is 3.08. The third kappa shape index (κ3) is 43.2. The summed E-state index contributed by atoms with van der Waals surface area (Å²) in [7, 11) is 0. The highest BCUT2D eigenvalue weighted by Crippen LogP contribution is 1.91. The van der Waals surface area contributed by atoms with E-state index in [9.17, 15) is 4.79 Å². The highest BCUT2D eigenvalue weighted by Gasteiger charge is 2.14. The zero-order valence-electron chi connectivity index (χ0n) is 24.9. The molecule has 0 unspecified atom stereocenters. The molecule has 45 heavy (non-hydrogen) atoms. The van der Waals surface area contributed by atoms with Crippen molar-refractivity contribution in [2.45, 2.75) is 74.4 Å². The Bertz CT molecular complexity index is 436. The van der Waals surface area contributed by atoms with Gasteiger partial charge >= 0.3 is 0 Å². The summed E-state index contributed by atoms with van der Waals surface area (Å²) in [5.74, 6) is 0. The van der Waals surface area contributed by atoms with E-state index >= 15 is 0 Å². The van der Waals surface area contributed by atoms with Crippen LogP contribution in [0.25, 0.3) is 0 Å². The monoisotopic (exact) mass is 700 g/mol. The lowest BCUT2D eigenvalue weighted by molar-refractivity contribution is -0.110. The van der Waals surface area contributed by atoms with Crippen LogP contribution in [0.2, 0.25) is 0 Å². The second kappa shape index (κ2) is 41.2. The van der Waals surface area contributed by atoms with Gasteiger partial charge in [-0.15, -0.1) is 12.6 Å². The molecule has 0 amide bonds. The van der Waals surface area contributed by atoms with Crippen LogP contribution in [-0.4, -0.2) is 234 Å². The molecule has 0 radical (unpaired) electrons. The largest absolute Gasteiger partial charge is 0.394 e. The van der Waals surface area contributed by atoms with E-state index in [1.54, 1.807) is 6.92 Å². The molecule has 22 heteroatoms. The molecule has 10 atom stereocenters. The first-order valence-corrected chi connectivity index (χ1v) is 13.4. The second-order valence-electron chi connectivity index (χ2n) is 8.25. The SMILES string of the molecule is CCC(=O)S.OC[C@@H](O)[C@@H](O)CO.OC[C@@H](O)[C@@H](O)CO.OC[C@@H](O)[C@@H](O)CO.OC[C@@H](O)[C@@H](O)CO.OC[C@@H](O)[C@@H](O)CO. The van der Waals surface area contributed by atoms with E-state index in [0.29, 0.717) is 6.42 Å². The molecule has 0 spiro atoms. The van der Waals surface area contributed by atoms with E-state index < -0.39 is 127 Å². The predicted molar refractivity (Wildman–Crippen MR) is 155 cm³/mol. The van der Waals surface area contributed by atoms with Crippen molar-refractivity contribution in [3.05, 3.63) is 0 Å². The maximum atomic E-state index is 9.68. The predicted octanol–water partition coefficient (Wildman–Crippen LogP) is -10.7. The van der Waals surface area contributed by atoms with E-state index in [1.165, 1.54) is 0 Å². The topological polar surface area (TPSA) is 422 Å². The average molecular weight is 701 g/mol. The molecular weight excluding hydrogens is 644 g/mol.